The maximum absolute atomic E-state index is 12.7. The molecule has 0 spiro atoms. The first-order valence-corrected chi connectivity index (χ1v) is 4.15. The van der Waals surface area contributed by atoms with Crippen molar-refractivity contribution >= 4 is 5.78 Å². The molecule has 1 aromatic carbocycles. The minimum atomic E-state index is -0.867. The Kier molecular flexibility index (Phi) is 1.87. The van der Waals surface area contributed by atoms with Gasteiger partial charge in [-0.15, -0.1) is 0 Å². The Balaban J connectivity index is 2.49. The Bertz CT molecular complexity index is 371. The van der Waals surface area contributed by atoms with Crippen LogP contribution < -0.4 is 0 Å². The van der Waals surface area contributed by atoms with Crippen LogP contribution in [-0.2, 0) is 17.6 Å². The lowest BCUT2D eigenvalue weighted by Gasteiger charge is -2.14. The smallest absolute Gasteiger partial charge is 0.159 e. The molecule has 0 fully saturated rings. The average Bonchev–Trinajstić information content (AvgIpc) is 2.08. The summed E-state index contributed by atoms with van der Waals surface area (Å²) >= 11 is 0. The second kappa shape index (κ2) is 2.91. The van der Waals surface area contributed by atoms with E-state index in [4.69, 9.17) is 0 Å². The fraction of sp³-hybridized carbons (Fsp3) is 0.300. The van der Waals surface area contributed by atoms with Crippen molar-refractivity contribution in [3.8, 4) is 0 Å². The molecule has 0 N–H and O–H groups in total. The molecule has 13 heavy (non-hydrogen) atoms. The summed E-state index contributed by atoms with van der Waals surface area (Å²) in [5, 5.41) is 0. The number of carbonyl (C=O) groups excluding carboxylic acids is 1. The van der Waals surface area contributed by atoms with E-state index in [-0.39, 0.29) is 12.2 Å². The van der Waals surface area contributed by atoms with Crippen molar-refractivity contribution in [1.29, 1.82) is 0 Å². The maximum Gasteiger partial charge on any atom is 0.159 e. The predicted molar refractivity (Wildman–Crippen MR) is 43.4 cm³/mol. The molecule has 0 aliphatic heterocycles. The van der Waals surface area contributed by atoms with Crippen LogP contribution in [0.3, 0.4) is 0 Å². The van der Waals surface area contributed by atoms with Gasteiger partial charge in [-0.25, -0.2) is 8.78 Å². The van der Waals surface area contributed by atoms with Crippen LogP contribution in [0.4, 0.5) is 8.78 Å². The van der Waals surface area contributed by atoms with Crippen LogP contribution in [0.2, 0.25) is 0 Å². The van der Waals surface area contributed by atoms with Gasteiger partial charge in [0.15, 0.2) is 11.6 Å². The van der Waals surface area contributed by atoms with E-state index >= 15 is 0 Å². The third-order valence-electron chi connectivity index (χ3n) is 2.30. The van der Waals surface area contributed by atoms with Gasteiger partial charge >= 0.3 is 0 Å². The third kappa shape index (κ3) is 1.46. The highest BCUT2D eigenvalue weighted by molar-refractivity contribution is 5.83. The van der Waals surface area contributed by atoms with Gasteiger partial charge in [0, 0.05) is 12.8 Å². The monoisotopic (exact) mass is 182 g/mol. The van der Waals surface area contributed by atoms with E-state index in [1.807, 2.05) is 0 Å². The highest BCUT2D eigenvalue weighted by Gasteiger charge is 2.17. The van der Waals surface area contributed by atoms with Crippen molar-refractivity contribution in [2.24, 2.45) is 0 Å². The quantitative estimate of drug-likeness (QED) is 0.600. The number of fused-ring (bicyclic) bond motifs is 1. The first-order valence-electron chi connectivity index (χ1n) is 4.15. The molecule has 0 heterocycles. The first-order chi connectivity index (χ1) is 6.16. The largest absolute Gasteiger partial charge is 0.299 e. The summed E-state index contributed by atoms with van der Waals surface area (Å²) in [7, 11) is 0. The zero-order chi connectivity index (χ0) is 9.42. The SMILES string of the molecule is O=C1CCc2cc(F)c(F)cc2C1. The van der Waals surface area contributed by atoms with Gasteiger partial charge in [0.05, 0.1) is 0 Å². The molecular weight excluding hydrogens is 174 g/mol. The number of Topliss-reactive ketones (excluding diaryl/α,β-unsaturated/α-hetero) is 1. The van der Waals surface area contributed by atoms with Crippen LogP contribution in [0.25, 0.3) is 0 Å². The highest BCUT2D eigenvalue weighted by atomic mass is 19.2. The molecule has 0 amide bonds. The van der Waals surface area contributed by atoms with Crippen LogP contribution >= 0.6 is 0 Å². The van der Waals surface area contributed by atoms with E-state index in [0.29, 0.717) is 18.4 Å². The lowest BCUT2D eigenvalue weighted by molar-refractivity contribution is -0.118. The molecule has 1 aromatic rings. The summed E-state index contributed by atoms with van der Waals surface area (Å²) in [6.45, 7) is 0. The van der Waals surface area contributed by atoms with Crippen LogP contribution in [-0.4, -0.2) is 5.78 Å². The van der Waals surface area contributed by atoms with E-state index in [2.05, 4.69) is 0 Å². The van der Waals surface area contributed by atoms with Gasteiger partial charge < -0.3 is 0 Å². The number of benzene rings is 1. The zero-order valence-electron chi connectivity index (χ0n) is 6.94. The van der Waals surface area contributed by atoms with Crippen molar-refractivity contribution in [3.63, 3.8) is 0 Å². The number of carbonyl (C=O) groups is 1. The number of hydrogen-bond acceptors (Lipinski definition) is 1. The molecule has 68 valence electrons. The van der Waals surface area contributed by atoms with E-state index in [9.17, 15) is 13.6 Å². The average molecular weight is 182 g/mol. The zero-order valence-corrected chi connectivity index (χ0v) is 6.94. The molecule has 1 aliphatic carbocycles. The van der Waals surface area contributed by atoms with Crippen molar-refractivity contribution in [3.05, 3.63) is 34.9 Å². The van der Waals surface area contributed by atoms with Gasteiger partial charge in [-0.1, -0.05) is 0 Å². The molecule has 0 aromatic heterocycles. The Morgan fingerprint density at radius 1 is 1.00 bits per heavy atom. The second-order valence-corrected chi connectivity index (χ2v) is 3.25. The Labute approximate surface area is 74.4 Å². The fourth-order valence-electron chi connectivity index (χ4n) is 1.60. The summed E-state index contributed by atoms with van der Waals surface area (Å²) in [6.07, 6.45) is 1.22. The second-order valence-electron chi connectivity index (χ2n) is 3.25. The van der Waals surface area contributed by atoms with Crippen molar-refractivity contribution in [2.45, 2.75) is 19.3 Å². The molecule has 0 saturated carbocycles. The van der Waals surface area contributed by atoms with E-state index < -0.39 is 11.6 Å². The number of ketones is 1. The topological polar surface area (TPSA) is 17.1 Å². The highest BCUT2D eigenvalue weighted by Crippen LogP contribution is 2.21. The molecule has 0 atom stereocenters. The van der Waals surface area contributed by atoms with Gasteiger partial charge in [0.1, 0.15) is 5.78 Å². The molecule has 1 nitrogen and oxygen atoms in total. The molecule has 1 aliphatic rings. The summed E-state index contributed by atoms with van der Waals surface area (Å²) in [5.74, 6) is -1.60. The van der Waals surface area contributed by atoms with Crippen molar-refractivity contribution in [1.82, 2.24) is 0 Å². The normalized spacial score (nSPS) is 15.7. The van der Waals surface area contributed by atoms with Gasteiger partial charge in [0.25, 0.3) is 0 Å². The van der Waals surface area contributed by atoms with Crippen molar-refractivity contribution < 1.29 is 13.6 Å². The van der Waals surface area contributed by atoms with Crippen LogP contribution in [0.1, 0.15) is 17.5 Å². The minimum absolute atomic E-state index is 0.0958. The molecule has 0 bridgehead atoms. The summed E-state index contributed by atoms with van der Waals surface area (Å²) in [4.78, 5) is 11.0. The van der Waals surface area contributed by atoms with Gasteiger partial charge in [0.2, 0.25) is 0 Å². The molecule has 2 rings (SSSR count). The third-order valence-corrected chi connectivity index (χ3v) is 2.30. The number of halogens is 2. The Hall–Kier alpha value is -1.25. The Morgan fingerprint density at radius 3 is 2.31 bits per heavy atom. The summed E-state index contributed by atoms with van der Waals surface area (Å²) < 4.78 is 25.5. The van der Waals surface area contributed by atoms with Gasteiger partial charge in [-0.05, 0) is 29.7 Å². The molecule has 0 radical (unpaired) electrons. The molecule has 0 saturated heterocycles. The number of rotatable bonds is 0. The Morgan fingerprint density at radius 2 is 1.62 bits per heavy atom. The van der Waals surface area contributed by atoms with Gasteiger partial charge in [-0.2, -0.15) is 0 Å². The molecule has 3 heteroatoms. The fourth-order valence-corrected chi connectivity index (χ4v) is 1.60. The molecular formula is C10H8F2O. The maximum atomic E-state index is 12.7. The van der Waals surface area contributed by atoms with E-state index in [1.54, 1.807) is 0 Å². The first kappa shape index (κ1) is 8.35. The van der Waals surface area contributed by atoms with E-state index in [0.717, 1.165) is 11.6 Å². The summed E-state index contributed by atoms with van der Waals surface area (Å²) in [6, 6.07) is 2.32. The van der Waals surface area contributed by atoms with Gasteiger partial charge in [-0.3, -0.25) is 4.79 Å². The van der Waals surface area contributed by atoms with Crippen LogP contribution in [0.15, 0.2) is 12.1 Å². The van der Waals surface area contributed by atoms with Crippen molar-refractivity contribution in [2.75, 3.05) is 0 Å². The standard InChI is InChI=1S/C10H8F2O/c11-9-4-6-1-2-8(13)3-7(6)5-10(9)12/h4-5H,1-3H2. The van der Waals surface area contributed by atoms with Crippen LogP contribution in [0, 0.1) is 11.6 Å². The predicted octanol–water partition coefficient (Wildman–Crippen LogP) is 2.02. The lowest BCUT2D eigenvalue weighted by Crippen LogP contribution is -2.14. The van der Waals surface area contributed by atoms with Crippen LogP contribution in [0.5, 0.6) is 0 Å². The van der Waals surface area contributed by atoms with E-state index in [1.165, 1.54) is 6.07 Å². The molecule has 0 unspecified atom stereocenters. The number of hydrogen-bond donors (Lipinski definition) is 0. The summed E-state index contributed by atoms with van der Waals surface area (Å²) in [5.41, 5.74) is 1.40. The number of aryl methyl sites for hydroxylation is 1. The lowest BCUT2D eigenvalue weighted by atomic mass is 9.91. The minimum Gasteiger partial charge on any atom is -0.299 e.